The first kappa shape index (κ1) is 16.9. The molecule has 6 nitrogen and oxygen atoms in total. The van der Waals surface area contributed by atoms with Gasteiger partial charge in [-0.25, -0.2) is 8.42 Å². The first-order chi connectivity index (χ1) is 10.4. The van der Waals surface area contributed by atoms with Crippen molar-refractivity contribution in [1.82, 2.24) is 9.62 Å². The van der Waals surface area contributed by atoms with E-state index >= 15 is 0 Å². The highest BCUT2D eigenvalue weighted by Crippen LogP contribution is 2.11. The second-order valence-corrected chi connectivity index (χ2v) is 7.44. The lowest BCUT2D eigenvalue weighted by molar-refractivity contribution is -0.121. The highest BCUT2D eigenvalue weighted by molar-refractivity contribution is 7.88. The minimum absolute atomic E-state index is 0.0461. The molecule has 0 aliphatic carbocycles. The van der Waals surface area contributed by atoms with Gasteiger partial charge in [0.2, 0.25) is 15.9 Å². The molecule has 122 valence electrons. The van der Waals surface area contributed by atoms with Crippen LogP contribution in [0.5, 0.6) is 0 Å². The van der Waals surface area contributed by atoms with Gasteiger partial charge in [-0.05, 0) is 18.4 Å². The van der Waals surface area contributed by atoms with Crippen LogP contribution in [0.15, 0.2) is 30.3 Å². The van der Waals surface area contributed by atoms with Crippen molar-refractivity contribution >= 4 is 15.9 Å². The van der Waals surface area contributed by atoms with Gasteiger partial charge in [0.1, 0.15) is 0 Å². The molecule has 1 aromatic carbocycles. The maximum atomic E-state index is 12.0. The zero-order valence-electron chi connectivity index (χ0n) is 12.7. The molecule has 1 fully saturated rings. The lowest BCUT2D eigenvalue weighted by atomic mass is 10.2. The number of hydrogen-bond acceptors (Lipinski definition) is 4. The molecule has 7 heteroatoms. The fourth-order valence-electron chi connectivity index (χ4n) is 2.33. The van der Waals surface area contributed by atoms with E-state index in [2.05, 4.69) is 5.32 Å². The Morgan fingerprint density at radius 2 is 2.09 bits per heavy atom. The molecule has 0 saturated carbocycles. The number of nitrogens with one attached hydrogen (secondary N) is 1. The van der Waals surface area contributed by atoms with Gasteiger partial charge in [0, 0.05) is 19.7 Å². The van der Waals surface area contributed by atoms with Gasteiger partial charge in [0.25, 0.3) is 0 Å². The van der Waals surface area contributed by atoms with Gasteiger partial charge < -0.3 is 10.1 Å². The predicted molar refractivity (Wildman–Crippen MR) is 83.7 cm³/mol. The SMILES string of the molecule is CS(=O)(=O)N(CC(=O)NC[C@H]1CCCO1)Cc1ccccc1. The van der Waals surface area contributed by atoms with E-state index in [1.165, 1.54) is 4.31 Å². The van der Waals surface area contributed by atoms with Gasteiger partial charge in [-0.3, -0.25) is 4.79 Å². The van der Waals surface area contributed by atoms with Crippen LogP contribution in [0.3, 0.4) is 0 Å². The molecule has 1 atom stereocenters. The van der Waals surface area contributed by atoms with Crippen LogP contribution < -0.4 is 5.32 Å². The summed E-state index contributed by atoms with van der Waals surface area (Å²) in [6, 6.07) is 9.22. The molecule has 22 heavy (non-hydrogen) atoms. The standard InChI is InChI=1S/C15H22N2O4S/c1-22(19,20)17(11-13-6-3-2-4-7-13)12-15(18)16-10-14-8-5-9-21-14/h2-4,6-7,14H,5,8-12H2,1H3,(H,16,18)/t14-/m1/s1. The van der Waals surface area contributed by atoms with Crippen LogP contribution in [0.25, 0.3) is 0 Å². The summed E-state index contributed by atoms with van der Waals surface area (Å²) in [6.45, 7) is 1.17. The Morgan fingerprint density at radius 1 is 1.36 bits per heavy atom. The monoisotopic (exact) mass is 326 g/mol. The fourth-order valence-corrected chi connectivity index (χ4v) is 3.06. The van der Waals surface area contributed by atoms with Crippen LogP contribution in [0.1, 0.15) is 18.4 Å². The fraction of sp³-hybridized carbons (Fsp3) is 0.533. The summed E-state index contributed by atoms with van der Waals surface area (Å²) in [6.07, 6.45) is 3.10. The van der Waals surface area contributed by atoms with Crippen molar-refractivity contribution < 1.29 is 17.9 Å². The maximum absolute atomic E-state index is 12.0. The summed E-state index contributed by atoms with van der Waals surface area (Å²) in [5.41, 5.74) is 0.847. The van der Waals surface area contributed by atoms with Crippen molar-refractivity contribution in [2.45, 2.75) is 25.5 Å². The van der Waals surface area contributed by atoms with E-state index in [0.29, 0.717) is 6.54 Å². The molecule has 0 spiro atoms. The quantitative estimate of drug-likeness (QED) is 0.802. The molecular formula is C15H22N2O4S. The Bertz CT molecular complexity index is 583. The minimum atomic E-state index is -3.45. The normalized spacial score (nSPS) is 18.5. The van der Waals surface area contributed by atoms with Crippen LogP contribution in [0, 0.1) is 0 Å². The lowest BCUT2D eigenvalue weighted by Gasteiger charge is -2.20. The van der Waals surface area contributed by atoms with Gasteiger partial charge in [-0.15, -0.1) is 0 Å². The zero-order valence-corrected chi connectivity index (χ0v) is 13.5. The number of amides is 1. The smallest absolute Gasteiger partial charge is 0.235 e. The van der Waals surface area contributed by atoms with Gasteiger partial charge in [-0.1, -0.05) is 30.3 Å². The van der Waals surface area contributed by atoms with E-state index in [0.717, 1.165) is 31.3 Å². The van der Waals surface area contributed by atoms with E-state index in [4.69, 9.17) is 4.74 Å². The van der Waals surface area contributed by atoms with Crippen molar-refractivity contribution in [2.24, 2.45) is 0 Å². The summed E-state index contributed by atoms with van der Waals surface area (Å²) in [7, 11) is -3.45. The molecule has 0 radical (unpaired) electrons. The van der Waals surface area contributed by atoms with Crippen LogP contribution in [-0.2, 0) is 26.1 Å². The van der Waals surface area contributed by atoms with Crippen LogP contribution in [0.4, 0.5) is 0 Å². The van der Waals surface area contributed by atoms with E-state index in [9.17, 15) is 13.2 Å². The first-order valence-corrected chi connectivity index (χ1v) is 9.17. The first-order valence-electron chi connectivity index (χ1n) is 7.32. The Hall–Kier alpha value is -1.44. The maximum Gasteiger partial charge on any atom is 0.235 e. The molecule has 1 amide bonds. The van der Waals surface area contributed by atoms with Gasteiger partial charge in [0.15, 0.2) is 0 Å². The summed E-state index contributed by atoms with van der Waals surface area (Å²) in [4.78, 5) is 12.0. The van der Waals surface area contributed by atoms with Gasteiger partial charge in [0.05, 0.1) is 18.9 Å². The molecule has 1 aliphatic heterocycles. The Kier molecular flexibility index (Phi) is 5.93. The van der Waals surface area contributed by atoms with Crippen molar-refractivity contribution in [3.63, 3.8) is 0 Å². The Balaban J connectivity index is 1.90. The summed E-state index contributed by atoms with van der Waals surface area (Å²) in [5.74, 6) is -0.308. The number of benzene rings is 1. The van der Waals surface area contributed by atoms with E-state index in [1.807, 2.05) is 30.3 Å². The Morgan fingerprint density at radius 3 is 2.68 bits per heavy atom. The molecule has 1 aliphatic rings. The van der Waals surface area contributed by atoms with E-state index in [1.54, 1.807) is 0 Å². The van der Waals surface area contributed by atoms with Crippen molar-refractivity contribution in [1.29, 1.82) is 0 Å². The molecule has 0 bridgehead atoms. The van der Waals surface area contributed by atoms with Crippen LogP contribution in [-0.4, -0.2) is 50.7 Å². The second kappa shape index (κ2) is 7.71. The number of sulfonamides is 1. The molecule has 1 aromatic rings. The molecule has 0 unspecified atom stereocenters. The number of carbonyl (C=O) groups excluding carboxylic acids is 1. The van der Waals surface area contributed by atoms with Crippen LogP contribution in [0.2, 0.25) is 0 Å². The van der Waals surface area contributed by atoms with Gasteiger partial charge in [-0.2, -0.15) is 4.31 Å². The molecule has 1 N–H and O–H groups in total. The minimum Gasteiger partial charge on any atom is -0.376 e. The summed E-state index contributed by atoms with van der Waals surface area (Å²) < 4.78 is 30.3. The number of ether oxygens (including phenoxy) is 1. The number of rotatable bonds is 7. The van der Waals surface area contributed by atoms with E-state index < -0.39 is 10.0 Å². The topological polar surface area (TPSA) is 75.7 Å². The summed E-state index contributed by atoms with van der Waals surface area (Å²) in [5, 5.41) is 2.74. The Labute approximate surface area is 131 Å². The average molecular weight is 326 g/mol. The molecule has 2 rings (SSSR count). The average Bonchev–Trinajstić information content (AvgIpc) is 2.98. The number of nitrogens with zero attached hydrogens (tertiary/aromatic N) is 1. The largest absolute Gasteiger partial charge is 0.376 e. The molecule has 1 saturated heterocycles. The summed E-state index contributed by atoms with van der Waals surface area (Å²) >= 11 is 0. The van der Waals surface area contributed by atoms with Crippen molar-refractivity contribution in [2.75, 3.05) is 26.0 Å². The third kappa shape index (κ3) is 5.40. The van der Waals surface area contributed by atoms with Crippen LogP contribution >= 0.6 is 0 Å². The van der Waals surface area contributed by atoms with Crippen molar-refractivity contribution in [3.8, 4) is 0 Å². The molecular weight excluding hydrogens is 304 g/mol. The number of carbonyl (C=O) groups is 1. The van der Waals surface area contributed by atoms with E-state index in [-0.39, 0.29) is 25.1 Å². The third-order valence-corrected chi connectivity index (χ3v) is 4.74. The third-order valence-electron chi connectivity index (χ3n) is 3.54. The zero-order chi connectivity index (χ0) is 16.0. The lowest BCUT2D eigenvalue weighted by Crippen LogP contribution is -2.42. The highest BCUT2D eigenvalue weighted by Gasteiger charge is 2.22. The predicted octanol–water partition coefficient (Wildman–Crippen LogP) is 0.743. The number of hydrogen-bond donors (Lipinski definition) is 1. The molecule has 1 heterocycles. The van der Waals surface area contributed by atoms with Crippen molar-refractivity contribution in [3.05, 3.63) is 35.9 Å². The van der Waals surface area contributed by atoms with Gasteiger partial charge >= 0.3 is 0 Å². The second-order valence-electron chi connectivity index (χ2n) is 5.46. The highest BCUT2D eigenvalue weighted by atomic mass is 32.2. The molecule has 0 aromatic heterocycles.